The average Bonchev–Trinajstić information content (AvgIpc) is 2.40. The number of hydrogen-bond donors (Lipinski definition) is 2. The fourth-order valence-electron chi connectivity index (χ4n) is 1.70. The second-order valence-electron chi connectivity index (χ2n) is 4.49. The van der Waals surface area contributed by atoms with Crippen molar-refractivity contribution in [1.29, 1.82) is 0 Å². The number of nitrogens with two attached hydrogens (primary N) is 1. The van der Waals surface area contributed by atoms with Gasteiger partial charge in [-0.2, -0.15) is 11.8 Å². The first kappa shape index (κ1) is 17.6. The Labute approximate surface area is 130 Å². The normalized spacial score (nSPS) is 11.7. The summed E-state index contributed by atoms with van der Waals surface area (Å²) in [6.07, 6.45) is 6.28. The minimum atomic E-state index is -3.49. The van der Waals surface area contributed by atoms with E-state index in [9.17, 15) is 8.42 Å². The molecule has 4 nitrogen and oxygen atoms in total. The third kappa shape index (κ3) is 5.91. The summed E-state index contributed by atoms with van der Waals surface area (Å²) in [4.78, 5) is 0.154. The SMILES string of the molecule is CSCCCCCCNS(=O)(=O)c1ccc(Cl)c(N)c1. The minimum absolute atomic E-state index is 0.154. The molecule has 114 valence electrons. The van der Waals surface area contributed by atoms with E-state index in [1.54, 1.807) is 0 Å². The Morgan fingerprint density at radius 1 is 1.25 bits per heavy atom. The number of unbranched alkanes of at least 4 members (excludes halogenated alkanes) is 3. The Morgan fingerprint density at radius 3 is 2.60 bits per heavy atom. The third-order valence-electron chi connectivity index (χ3n) is 2.85. The van der Waals surface area contributed by atoms with Crippen molar-refractivity contribution in [2.45, 2.75) is 30.6 Å². The molecule has 0 fully saturated rings. The first-order valence-electron chi connectivity index (χ1n) is 6.51. The van der Waals surface area contributed by atoms with Crippen molar-refractivity contribution >= 4 is 39.1 Å². The second kappa shape index (κ2) is 8.77. The molecule has 0 spiro atoms. The first-order chi connectivity index (χ1) is 9.47. The van der Waals surface area contributed by atoms with Gasteiger partial charge < -0.3 is 5.73 Å². The van der Waals surface area contributed by atoms with Gasteiger partial charge in [-0.3, -0.25) is 0 Å². The van der Waals surface area contributed by atoms with Gasteiger partial charge >= 0.3 is 0 Å². The number of thioether (sulfide) groups is 1. The maximum atomic E-state index is 12.0. The maximum absolute atomic E-state index is 12.0. The van der Waals surface area contributed by atoms with Crippen molar-refractivity contribution in [2.24, 2.45) is 0 Å². The van der Waals surface area contributed by atoms with Gasteiger partial charge in [-0.25, -0.2) is 13.1 Å². The maximum Gasteiger partial charge on any atom is 0.240 e. The molecule has 0 aliphatic heterocycles. The minimum Gasteiger partial charge on any atom is -0.397 e. The Bertz CT molecular complexity index is 521. The van der Waals surface area contributed by atoms with E-state index in [2.05, 4.69) is 11.0 Å². The summed E-state index contributed by atoms with van der Waals surface area (Å²) >= 11 is 7.61. The molecule has 0 saturated carbocycles. The standard InChI is InChI=1S/C13H21ClN2O2S2/c1-19-9-5-3-2-4-8-16-20(17,18)11-6-7-12(14)13(15)10-11/h6-7,10,16H,2-5,8-9,15H2,1H3. The van der Waals surface area contributed by atoms with Crippen LogP contribution in [-0.2, 0) is 10.0 Å². The van der Waals surface area contributed by atoms with Crippen molar-refractivity contribution < 1.29 is 8.42 Å². The van der Waals surface area contributed by atoms with Crippen molar-refractivity contribution in [3.63, 3.8) is 0 Å². The van der Waals surface area contributed by atoms with Crippen LogP contribution < -0.4 is 10.5 Å². The fourth-order valence-corrected chi connectivity index (χ4v) is 3.42. The molecule has 1 aromatic rings. The molecular formula is C13H21ClN2O2S2. The highest BCUT2D eigenvalue weighted by Crippen LogP contribution is 2.22. The van der Waals surface area contributed by atoms with Gasteiger partial charge in [0, 0.05) is 6.54 Å². The summed E-state index contributed by atoms with van der Waals surface area (Å²) in [5.74, 6) is 1.16. The van der Waals surface area contributed by atoms with Crippen LogP contribution in [0.5, 0.6) is 0 Å². The highest BCUT2D eigenvalue weighted by atomic mass is 35.5. The number of nitrogen functional groups attached to an aromatic ring is 1. The average molecular weight is 337 g/mol. The predicted octanol–water partition coefficient (Wildman–Crippen LogP) is 3.12. The molecule has 0 radical (unpaired) electrons. The summed E-state index contributed by atoms with van der Waals surface area (Å²) in [6, 6.07) is 4.33. The smallest absolute Gasteiger partial charge is 0.240 e. The molecule has 1 rings (SSSR count). The quantitative estimate of drug-likeness (QED) is 0.537. The molecule has 0 amide bonds. The van der Waals surface area contributed by atoms with Crippen molar-refractivity contribution in [1.82, 2.24) is 4.72 Å². The van der Waals surface area contributed by atoms with E-state index in [0.717, 1.165) is 25.0 Å². The highest BCUT2D eigenvalue weighted by molar-refractivity contribution is 7.98. The van der Waals surface area contributed by atoms with Gasteiger partial charge in [0.25, 0.3) is 0 Å². The van der Waals surface area contributed by atoms with Gasteiger partial charge in [0.2, 0.25) is 10.0 Å². The van der Waals surface area contributed by atoms with Crippen LogP contribution in [0.1, 0.15) is 25.7 Å². The van der Waals surface area contributed by atoms with Crippen LogP contribution >= 0.6 is 23.4 Å². The van der Waals surface area contributed by atoms with Crippen LogP contribution in [0.4, 0.5) is 5.69 Å². The number of halogens is 1. The van der Waals surface area contributed by atoms with Crippen LogP contribution in [0, 0.1) is 0 Å². The van der Waals surface area contributed by atoms with E-state index < -0.39 is 10.0 Å². The summed E-state index contributed by atoms with van der Waals surface area (Å²) < 4.78 is 26.6. The summed E-state index contributed by atoms with van der Waals surface area (Å²) in [6.45, 7) is 0.449. The summed E-state index contributed by atoms with van der Waals surface area (Å²) in [5, 5.41) is 0.359. The van der Waals surface area contributed by atoms with Crippen LogP contribution in [-0.4, -0.2) is 27.0 Å². The van der Waals surface area contributed by atoms with Crippen molar-refractivity contribution in [3.05, 3.63) is 23.2 Å². The lowest BCUT2D eigenvalue weighted by molar-refractivity contribution is 0.574. The lowest BCUT2D eigenvalue weighted by atomic mass is 10.2. The van der Waals surface area contributed by atoms with E-state index in [1.807, 2.05) is 11.8 Å². The molecule has 0 unspecified atom stereocenters. The van der Waals surface area contributed by atoms with E-state index in [4.69, 9.17) is 17.3 Å². The molecule has 3 N–H and O–H groups in total. The first-order valence-corrected chi connectivity index (χ1v) is 9.76. The number of sulfonamides is 1. The van der Waals surface area contributed by atoms with E-state index >= 15 is 0 Å². The Morgan fingerprint density at radius 2 is 1.95 bits per heavy atom. The Kier molecular flexibility index (Phi) is 7.72. The van der Waals surface area contributed by atoms with Crippen LogP contribution in [0.25, 0.3) is 0 Å². The zero-order valence-electron chi connectivity index (χ0n) is 11.6. The predicted molar refractivity (Wildman–Crippen MR) is 87.9 cm³/mol. The monoisotopic (exact) mass is 336 g/mol. The molecular weight excluding hydrogens is 316 g/mol. The molecule has 0 bridgehead atoms. The molecule has 0 aliphatic rings. The molecule has 1 aromatic carbocycles. The molecule has 0 aliphatic carbocycles. The van der Waals surface area contributed by atoms with Crippen molar-refractivity contribution in [3.8, 4) is 0 Å². The number of anilines is 1. The van der Waals surface area contributed by atoms with Gasteiger partial charge in [-0.05, 0) is 43.0 Å². The number of hydrogen-bond acceptors (Lipinski definition) is 4. The Balaban J connectivity index is 2.40. The van der Waals surface area contributed by atoms with E-state index in [1.165, 1.54) is 24.6 Å². The number of nitrogens with one attached hydrogen (secondary N) is 1. The molecule has 7 heteroatoms. The molecule has 20 heavy (non-hydrogen) atoms. The van der Waals surface area contributed by atoms with E-state index in [0.29, 0.717) is 11.6 Å². The molecule has 0 atom stereocenters. The topological polar surface area (TPSA) is 72.2 Å². The van der Waals surface area contributed by atoms with Crippen LogP contribution in [0.15, 0.2) is 23.1 Å². The summed E-state index contributed by atoms with van der Waals surface area (Å²) in [7, 11) is -3.49. The zero-order chi connectivity index (χ0) is 15.0. The van der Waals surface area contributed by atoms with Gasteiger partial charge in [0.1, 0.15) is 0 Å². The largest absolute Gasteiger partial charge is 0.397 e. The van der Waals surface area contributed by atoms with Crippen molar-refractivity contribution in [2.75, 3.05) is 24.3 Å². The van der Waals surface area contributed by atoms with Gasteiger partial charge in [0.05, 0.1) is 15.6 Å². The molecule has 0 aromatic heterocycles. The van der Waals surface area contributed by atoms with E-state index in [-0.39, 0.29) is 10.6 Å². The highest BCUT2D eigenvalue weighted by Gasteiger charge is 2.14. The van der Waals surface area contributed by atoms with Gasteiger partial charge in [-0.1, -0.05) is 24.4 Å². The zero-order valence-corrected chi connectivity index (χ0v) is 14.0. The Hall–Kier alpha value is -0.430. The van der Waals surface area contributed by atoms with Crippen LogP contribution in [0.2, 0.25) is 5.02 Å². The third-order valence-corrected chi connectivity index (χ3v) is 5.34. The van der Waals surface area contributed by atoms with Crippen LogP contribution in [0.3, 0.4) is 0 Å². The summed E-state index contributed by atoms with van der Waals surface area (Å²) in [5.41, 5.74) is 5.88. The van der Waals surface area contributed by atoms with Gasteiger partial charge in [0.15, 0.2) is 0 Å². The number of benzene rings is 1. The molecule has 0 heterocycles. The lowest BCUT2D eigenvalue weighted by Gasteiger charge is -2.08. The molecule has 0 saturated heterocycles. The lowest BCUT2D eigenvalue weighted by Crippen LogP contribution is -2.24. The second-order valence-corrected chi connectivity index (χ2v) is 7.65. The fraction of sp³-hybridized carbons (Fsp3) is 0.538. The number of rotatable bonds is 9. The van der Waals surface area contributed by atoms with Gasteiger partial charge in [-0.15, -0.1) is 0 Å².